The first-order valence-corrected chi connectivity index (χ1v) is 9.34. The van der Waals surface area contributed by atoms with E-state index >= 15 is 0 Å². The summed E-state index contributed by atoms with van der Waals surface area (Å²) in [6, 6.07) is 5.36. The molecule has 0 amide bonds. The summed E-state index contributed by atoms with van der Waals surface area (Å²) in [5.41, 5.74) is 5.90. The number of hydrogen-bond donors (Lipinski definition) is 1. The van der Waals surface area contributed by atoms with Gasteiger partial charge in [0.05, 0.1) is 15.8 Å². The fourth-order valence-electron chi connectivity index (χ4n) is 2.45. The number of nitro groups is 1. The molecule has 0 bridgehead atoms. The lowest BCUT2D eigenvalue weighted by Gasteiger charge is -2.21. The molecule has 1 unspecified atom stereocenters. The molecular weight excluding hydrogens is 380 g/mol. The van der Waals surface area contributed by atoms with Crippen molar-refractivity contribution in [2.75, 3.05) is 13.6 Å². The van der Waals surface area contributed by atoms with E-state index in [1.54, 1.807) is 0 Å². The van der Waals surface area contributed by atoms with Crippen LogP contribution in [0.1, 0.15) is 20.3 Å². The summed E-state index contributed by atoms with van der Waals surface area (Å²) in [7, 11) is -2.37. The molecule has 1 aromatic carbocycles. The van der Waals surface area contributed by atoms with Gasteiger partial charge in [-0.05, 0) is 30.5 Å². The highest BCUT2D eigenvalue weighted by molar-refractivity contribution is 7.89. The number of nitro benzene ring substituents is 1. The standard InChI is InChI=1S/C16H22N4O4S.ClH/c1-11(2)13(17)8-10-19(3)25(23,24)15-7-6-14(20(21)22)12-5-4-9-18-16(12)15;/h4-7,9,11,13H,8,10,17H2,1-3H3;1H. The molecule has 0 saturated heterocycles. The van der Waals surface area contributed by atoms with Crippen molar-refractivity contribution in [3.63, 3.8) is 0 Å². The first-order valence-electron chi connectivity index (χ1n) is 7.90. The summed E-state index contributed by atoms with van der Waals surface area (Å²) in [4.78, 5) is 14.6. The summed E-state index contributed by atoms with van der Waals surface area (Å²) in [6.07, 6.45) is 1.94. The molecule has 144 valence electrons. The Morgan fingerprint density at radius 2 is 1.96 bits per heavy atom. The number of nitrogens with zero attached hydrogens (tertiary/aromatic N) is 3. The number of aromatic nitrogens is 1. The van der Waals surface area contributed by atoms with Crippen molar-refractivity contribution in [3.8, 4) is 0 Å². The van der Waals surface area contributed by atoms with Crippen LogP contribution in [0.4, 0.5) is 5.69 Å². The minimum absolute atomic E-state index is 0. The number of non-ortho nitro benzene ring substituents is 1. The Balaban J connectivity index is 0.00000338. The molecule has 0 spiro atoms. The van der Waals surface area contributed by atoms with Crippen molar-refractivity contribution in [1.82, 2.24) is 9.29 Å². The first kappa shape index (κ1) is 22.2. The zero-order chi connectivity index (χ0) is 18.8. The van der Waals surface area contributed by atoms with E-state index in [-0.39, 0.29) is 52.4 Å². The van der Waals surface area contributed by atoms with Crippen LogP contribution < -0.4 is 5.73 Å². The highest BCUT2D eigenvalue weighted by atomic mass is 35.5. The van der Waals surface area contributed by atoms with E-state index in [2.05, 4.69) is 4.98 Å². The van der Waals surface area contributed by atoms with Crippen LogP contribution in [0.15, 0.2) is 35.4 Å². The molecular formula is C16H23ClN4O4S. The minimum Gasteiger partial charge on any atom is -0.327 e. The maximum absolute atomic E-state index is 12.9. The van der Waals surface area contributed by atoms with Crippen LogP contribution in [0.2, 0.25) is 0 Å². The number of benzene rings is 1. The third-order valence-corrected chi connectivity index (χ3v) is 6.12. The van der Waals surface area contributed by atoms with Crippen molar-refractivity contribution >= 4 is 39.0 Å². The third-order valence-electron chi connectivity index (χ3n) is 4.23. The van der Waals surface area contributed by atoms with E-state index in [0.717, 1.165) is 0 Å². The number of hydrogen-bond acceptors (Lipinski definition) is 6. The smallest absolute Gasteiger partial charge is 0.278 e. The van der Waals surface area contributed by atoms with E-state index < -0.39 is 14.9 Å². The van der Waals surface area contributed by atoms with Gasteiger partial charge in [0, 0.05) is 31.9 Å². The fraction of sp³-hybridized carbons (Fsp3) is 0.438. The third kappa shape index (κ3) is 4.47. The topological polar surface area (TPSA) is 119 Å². The SMILES string of the molecule is CC(C)C(N)CCN(C)S(=O)(=O)c1ccc([N+](=O)[O-])c2cccnc12.Cl. The van der Waals surface area contributed by atoms with Crippen LogP contribution in [0.5, 0.6) is 0 Å². The molecule has 0 aliphatic rings. The quantitative estimate of drug-likeness (QED) is 0.561. The number of nitrogens with two attached hydrogens (primary N) is 1. The molecule has 0 fully saturated rings. The molecule has 0 saturated carbocycles. The highest BCUT2D eigenvalue weighted by Crippen LogP contribution is 2.30. The van der Waals surface area contributed by atoms with Crippen LogP contribution in [0.25, 0.3) is 10.9 Å². The Bertz CT molecular complexity index is 889. The second kappa shape index (κ2) is 8.72. The average Bonchev–Trinajstić information content (AvgIpc) is 2.57. The Morgan fingerprint density at radius 3 is 2.54 bits per heavy atom. The lowest BCUT2D eigenvalue weighted by molar-refractivity contribution is -0.383. The van der Waals surface area contributed by atoms with E-state index in [4.69, 9.17) is 5.73 Å². The Morgan fingerprint density at radius 1 is 1.31 bits per heavy atom. The molecule has 10 heteroatoms. The van der Waals surface area contributed by atoms with Crippen LogP contribution in [0.3, 0.4) is 0 Å². The molecule has 0 aliphatic carbocycles. The zero-order valence-corrected chi connectivity index (χ0v) is 16.5. The molecule has 0 aliphatic heterocycles. The maximum atomic E-state index is 12.9. The second-order valence-corrected chi connectivity index (χ2v) is 8.28. The molecule has 1 aromatic heterocycles. The van der Waals surface area contributed by atoms with E-state index in [0.29, 0.717) is 6.42 Å². The lowest BCUT2D eigenvalue weighted by atomic mass is 10.0. The summed E-state index contributed by atoms with van der Waals surface area (Å²) in [6.45, 7) is 4.22. The summed E-state index contributed by atoms with van der Waals surface area (Å²) >= 11 is 0. The minimum atomic E-state index is -3.84. The van der Waals surface area contributed by atoms with E-state index in [1.807, 2.05) is 13.8 Å². The number of fused-ring (bicyclic) bond motifs is 1. The van der Waals surface area contributed by atoms with Crippen molar-refractivity contribution in [1.29, 1.82) is 0 Å². The van der Waals surface area contributed by atoms with Gasteiger partial charge < -0.3 is 5.73 Å². The molecule has 1 heterocycles. The van der Waals surface area contributed by atoms with Crippen molar-refractivity contribution in [2.24, 2.45) is 11.7 Å². The van der Waals surface area contributed by atoms with Crippen LogP contribution in [-0.4, -0.2) is 42.3 Å². The predicted octanol–water partition coefficient (Wildman–Crippen LogP) is 2.56. The van der Waals surface area contributed by atoms with Gasteiger partial charge >= 0.3 is 0 Å². The fourth-order valence-corrected chi connectivity index (χ4v) is 3.78. The molecule has 2 rings (SSSR count). The molecule has 26 heavy (non-hydrogen) atoms. The largest absolute Gasteiger partial charge is 0.327 e. The molecule has 1 atom stereocenters. The normalized spacial score (nSPS) is 13.0. The summed E-state index contributed by atoms with van der Waals surface area (Å²) in [5.74, 6) is 0.248. The molecule has 2 N–H and O–H groups in total. The van der Waals surface area contributed by atoms with Gasteiger partial charge in [-0.1, -0.05) is 13.8 Å². The Kier molecular flexibility index (Phi) is 7.45. The lowest BCUT2D eigenvalue weighted by Crippen LogP contribution is -2.34. The zero-order valence-electron chi connectivity index (χ0n) is 14.8. The van der Waals surface area contributed by atoms with Crippen molar-refractivity contribution in [2.45, 2.75) is 31.2 Å². The van der Waals surface area contributed by atoms with Crippen LogP contribution >= 0.6 is 12.4 Å². The van der Waals surface area contributed by atoms with Gasteiger partial charge in [0.25, 0.3) is 5.69 Å². The number of pyridine rings is 1. The van der Waals surface area contributed by atoms with Gasteiger partial charge in [-0.3, -0.25) is 15.1 Å². The summed E-state index contributed by atoms with van der Waals surface area (Å²) < 4.78 is 27.0. The Labute approximate surface area is 159 Å². The van der Waals surface area contributed by atoms with E-state index in [1.165, 1.54) is 41.8 Å². The van der Waals surface area contributed by atoms with Gasteiger partial charge in [-0.25, -0.2) is 12.7 Å². The van der Waals surface area contributed by atoms with Gasteiger partial charge in [0.15, 0.2) is 0 Å². The molecule has 2 aromatic rings. The first-order chi connectivity index (χ1) is 11.7. The van der Waals surface area contributed by atoms with Crippen LogP contribution in [0, 0.1) is 16.0 Å². The molecule has 8 nitrogen and oxygen atoms in total. The predicted molar refractivity (Wildman–Crippen MR) is 103 cm³/mol. The van der Waals surface area contributed by atoms with Gasteiger partial charge in [0.2, 0.25) is 10.0 Å². The van der Waals surface area contributed by atoms with Crippen LogP contribution in [-0.2, 0) is 10.0 Å². The number of halogens is 1. The monoisotopic (exact) mass is 402 g/mol. The molecule has 0 radical (unpaired) electrons. The van der Waals surface area contributed by atoms with Crippen molar-refractivity contribution < 1.29 is 13.3 Å². The van der Waals surface area contributed by atoms with Gasteiger partial charge in [0.1, 0.15) is 4.90 Å². The average molecular weight is 403 g/mol. The van der Waals surface area contributed by atoms with E-state index in [9.17, 15) is 18.5 Å². The van der Waals surface area contributed by atoms with Gasteiger partial charge in [-0.15, -0.1) is 12.4 Å². The van der Waals surface area contributed by atoms with Crippen molar-refractivity contribution in [3.05, 3.63) is 40.6 Å². The summed E-state index contributed by atoms with van der Waals surface area (Å²) in [5, 5.41) is 11.4. The Hall–Kier alpha value is -1.81. The number of rotatable bonds is 7. The number of sulfonamides is 1. The highest BCUT2D eigenvalue weighted by Gasteiger charge is 2.27. The second-order valence-electron chi connectivity index (χ2n) is 6.26. The van der Waals surface area contributed by atoms with Gasteiger partial charge in [-0.2, -0.15) is 0 Å². The maximum Gasteiger partial charge on any atom is 0.278 e.